The Bertz CT molecular complexity index is 1300. The van der Waals surface area contributed by atoms with E-state index in [1.165, 1.54) is 12.1 Å². The second kappa shape index (κ2) is 6.61. The standard InChI is InChI=1S/C20H13ClFN5O/c21-14-8-17-13(7-15(14)22)19(27-26-17)20-24-16-4-3-12(6-18(16)25-20)28-10-11-2-1-5-23-9-11/h1-9H,10H2,(H,24,25)(H,26,27). The van der Waals surface area contributed by atoms with Crippen molar-refractivity contribution in [2.24, 2.45) is 0 Å². The predicted octanol–water partition coefficient (Wildman–Crippen LogP) is 4.87. The zero-order valence-electron chi connectivity index (χ0n) is 14.4. The van der Waals surface area contributed by atoms with E-state index >= 15 is 0 Å². The maximum absolute atomic E-state index is 13.9. The second-order valence-electron chi connectivity index (χ2n) is 6.30. The molecule has 5 aromatic rings. The van der Waals surface area contributed by atoms with Gasteiger partial charge in [-0.3, -0.25) is 10.1 Å². The predicted molar refractivity (Wildman–Crippen MR) is 105 cm³/mol. The molecule has 0 saturated carbocycles. The van der Waals surface area contributed by atoms with E-state index < -0.39 is 5.82 Å². The van der Waals surface area contributed by atoms with Crippen molar-refractivity contribution in [2.45, 2.75) is 6.61 Å². The Morgan fingerprint density at radius 3 is 2.89 bits per heavy atom. The molecule has 0 aliphatic heterocycles. The fourth-order valence-electron chi connectivity index (χ4n) is 3.03. The molecule has 0 atom stereocenters. The minimum atomic E-state index is -0.501. The number of benzene rings is 2. The summed E-state index contributed by atoms with van der Waals surface area (Å²) in [4.78, 5) is 11.9. The molecule has 0 aliphatic carbocycles. The van der Waals surface area contributed by atoms with Gasteiger partial charge in [-0.1, -0.05) is 17.7 Å². The minimum Gasteiger partial charge on any atom is -0.489 e. The summed E-state index contributed by atoms with van der Waals surface area (Å²) in [7, 11) is 0. The van der Waals surface area contributed by atoms with E-state index in [-0.39, 0.29) is 5.02 Å². The summed E-state index contributed by atoms with van der Waals surface area (Å²) in [5.41, 5.74) is 3.71. The van der Waals surface area contributed by atoms with Gasteiger partial charge in [-0.25, -0.2) is 9.37 Å². The highest BCUT2D eigenvalue weighted by Gasteiger charge is 2.15. The number of hydrogen-bond acceptors (Lipinski definition) is 4. The van der Waals surface area contributed by atoms with Crippen molar-refractivity contribution >= 4 is 33.5 Å². The third-order valence-corrected chi connectivity index (χ3v) is 4.70. The number of aromatic nitrogens is 5. The van der Waals surface area contributed by atoms with Crippen LogP contribution in [0.1, 0.15) is 5.56 Å². The monoisotopic (exact) mass is 393 g/mol. The number of rotatable bonds is 4. The number of aromatic amines is 2. The van der Waals surface area contributed by atoms with Gasteiger partial charge in [0, 0.05) is 29.4 Å². The molecule has 0 bridgehead atoms. The van der Waals surface area contributed by atoms with Gasteiger partial charge in [-0.2, -0.15) is 5.10 Å². The molecule has 0 aliphatic rings. The van der Waals surface area contributed by atoms with Crippen molar-refractivity contribution in [3.05, 3.63) is 71.3 Å². The minimum absolute atomic E-state index is 0.0442. The molecule has 0 fully saturated rings. The van der Waals surface area contributed by atoms with E-state index in [0.29, 0.717) is 34.8 Å². The second-order valence-corrected chi connectivity index (χ2v) is 6.71. The van der Waals surface area contributed by atoms with E-state index in [1.54, 1.807) is 12.4 Å². The molecule has 0 spiro atoms. The quantitative estimate of drug-likeness (QED) is 0.456. The lowest BCUT2D eigenvalue weighted by Gasteiger charge is -2.05. The first-order valence-electron chi connectivity index (χ1n) is 8.52. The summed E-state index contributed by atoms with van der Waals surface area (Å²) in [5, 5.41) is 7.77. The number of fused-ring (bicyclic) bond motifs is 2. The van der Waals surface area contributed by atoms with Crippen molar-refractivity contribution in [1.82, 2.24) is 25.1 Å². The van der Waals surface area contributed by atoms with E-state index in [9.17, 15) is 4.39 Å². The molecule has 3 heterocycles. The van der Waals surface area contributed by atoms with Crippen LogP contribution in [0.15, 0.2) is 54.9 Å². The molecule has 2 aromatic carbocycles. The molecule has 5 rings (SSSR count). The Morgan fingerprint density at radius 2 is 2.04 bits per heavy atom. The molecular formula is C20H13ClFN5O. The summed E-state index contributed by atoms with van der Waals surface area (Å²) in [6, 6.07) is 12.3. The molecule has 6 nitrogen and oxygen atoms in total. The van der Waals surface area contributed by atoms with Crippen LogP contribution in [-0.4, -0.2) is 25.1 Å². The van der Waals surface area contributed by atoms with Crippen LogP contribution >= 0.6 is 11.6 Å². The number of nitrogens with one attached hydrogen (secondary N) is 2. The molecule has 2 N–H and O–H groups in total. The zero-order chi connectivity index (χ0) is 19.1. The molecule has 0 saturated heterocycles. The Hall–Kier alpha value is -3.45. The largest absolute Gasteiger partial charge is 0.489 e. The Morgan fingerprint density at radius 1 is 1.11 bits per heavy atom. The first-order chi connectivity index (χ1) is 13.7. The average molecular weight is 394 g/mol. The van der Waals surface area contributed by atoms with Gasteiger partial charge in [0.1, 0.15) is 23.9 Å². The number of hydrogen-bond donors (Lipinski definition) is 2. The molecule has 3 aromatic heterocycles. The highest BCUT2D eigenvalue weighted by molar-refractivity contribution is 6.31. The average Bonchev–Trinajstić information content (AvgIpc) is 3.30. The lowest BCUT2D eigenvalue weighted by Crippen LogP contribution is -1.95. The van der Waals surface area contributed by atoms with Crippen LogP contribution in [-0.2, 0) is 6.61 Å². The molecule has 8 heteroatoms. The van der Waals surface area contributed by atoms with Crippen LogP contribution in [0, 0.1) is 5.82 Å². The van der Waals surface area contributed by atoms with Gasteiger partial charge in [-0.15, -0.1) is 0 Å². The number of halogens is 2. The van der Waals surface area contributed by atoms with E-state index in [2.05, 4.69) is 25.1 Å². The first-order valence-corrected chi connectivity index (χ1v) is 8.90. The number of pyridine rings is 1. The SMILES string of the molecule is Fc1cc2c(-c3nc4ccc(OCc5cccnc5)cc4[nH]3)n[nH]c2cc1Cl. The van der Waals surface area contributed by atoms with Gasteiger partial charge in [0.15, 0.2) is 5.82 Å². The van der Waals surface area contributed by atoms with Crippen molar-refractivity contribution in [3.8, 4) is 17.3 Å². The first kappa shape index (κ1) is 16.7. The summed E-state index contributed by atoms with van der Waals surface area (Å²) < 4.78 is 19.7. The highest BCUT2D eigenvalue weighted by atomic mass is 35.5. The van der Waals surface area contributed by atoms with E-state index in [0.717, 1.165) is 16.6 Å². The van der Waals surface area contributed by atoms with Gasteiger partial charge >= 0.3 is 0 Å². The summed E-state index contributed by atoms with van der Waals surface area (Å²) in [6.45, 7) is 0.421. The van der Waals surface area contributed by atoms with Crippen molar-refractivity contribution < 1.29 is 9.13 Å². The fraction of sp³-hybridized carbons (Fsp3) is 0.0500. The van der Waals surface area contributed by atoms with Crippen LogP contribution in [0.2, 0.25) is 5.02 Å². The fourth-order valence-corrected chi connectivity index (χ4v) is 3.20. The number of ether oxygens (including phenoxy) is 1. The van der Waals surface area contributed by atoms with Crippen LogP contribution < -0.4 is 4.74 Å². The van der Waals surface area contributed by atoms with Crippen LogP contribution in [0.4, 0.5) is 4.39 Å². The lowest BCUT2D eigenvalue weighted by molar-refractivity contribution is 0.306. The van der Waals surface area contributed by atoms with Gasteiger partial charge in [-0.05, 0) is 30.3 Å². The van der Waals surface area contributed by atoms with Crippen molar-refractivity contribution in [3.63, 3.8) is 0 Å². The van der Waals surface area contributed by atoms with Gasteiger partial charge < -0.3 is 9.72 Å². The third-order valence-electron chi connectivity index (χ3n) is 4.41. The lowest BCUT2D eigenvalue weighted by atomic mass is 10.2. The van der Waals surface area contributed by atoms with Crippen molar-refractivity contribution in [2.75, 3.05) is 0 Å². The Balaban J connectivity index is 1.48. The molecular weight excluding hydrogens is 381 g/mol. The van der Waals surface area contributed by atoms with E-state index in [4.69, 9.17) is 16.3 Å². The van der Waals surface area contributed by atoms with Crippen molar-refractivity contribution in [1.29, 1.82) is 0 Å². The summed E-state index contributed by atoms with van der Waals surface area (Å²) >= 11 is 5.83. The maximum atomic E-state index is 13.9. The highest BCUT2D eigenvalue weighted by Crippen LogP contribution is 2.30. The van der Waals surface area contributed by atoms with Gasteiger partial charge in [0.25, 0.3) is 0 Å². The molecule has 138 valence electrons. The van der Waals surface area contributed by atoms with Crippen LogP contribution in [0.3, 0.4) is 0 Å². The zero-order valence-corrected chi connectivity index (χ0v) is 15.2. The number of imidazole rings is 1. The van der Waals surface area contributed by atoms with Gasteiger partial charge in [0.05, 0.1) is 21.6 Å². The normalized spacial score (nSPS) is 11.4. The maximum Gasteiger partial charge on any atom is 0.159 e. The molecule has 28 heavy (non-hydrogen) atoms. The molecule has 0 amide bonds. The van der Waals surface area contributed by atoms with Crippen LogP contribution in [0.25, 0.3) is 33.5 Å². The summed E-state index contributed by atoms with van der Waals surface area (Å²) in [6.07, 6.45) is 3.49. The third kappa shape index (κ3) is 2.95. The number of nitrogens with zero attached hydrogens (tertiary/aromatic N) is 3. The Labute approximate surface area is 163 Å². The van der Waals surface area contributed by atoms with E-state index in [1.807, 2.05) is 30.3 Å². The molecule has 0 unspecified atom stereocenters. The topological polar surface area (TPSA) is 79.5 Å². The smallest absolute Gasteiger partial charge is 0.159 e. The Kier molecular flexibility index (Phi) is 3.95. The van der Waals surface area contributed by atoms with Gasteiger partial charge in [0.2, 0.25) is 0 Å². The number of H-pyrrole nitrogens is 2. The van der Waals surface area contributed by atoms with Crippen LogP contribution in [0.5, 0.6) is 5.75 Å². The molecule has 0 radical (unpaired) electrons. The summed E-state index contributed by atoms with van der Waals surface area (Å²) in [5.74, 6) is 0.739.